The van der Waals surface area contributed by atoms with Crippen molar-refractivity contribution in [2.75, 3.05) is 5.73 Å². The van der Waals surface area contributed by atoms with Crippen molar-refractivity contribution >= 4 is 21.7 Å². The van der Waals surface area contributed by atoms with Crippen LogP contribution in [0.4, 0.5) is 19.0 Å². The van der Waals surface area contributed by atoms with E-state index in [9.17, 15) is 13.2 Å². The first-order valence-corrected chi connectivity index (χ1v) is 5.64. The number of hydrogen-bond acceptors (Lipinski definition) is 3. The second-order valence-corrected chi connectivity index (χ2v) is 4.38. The first-order chi connectivity index (χ1) is 8.40. The van der Waals surface area contributed by atoms with E-state index in [0.717, 1.165) is 12.1 Å². The van der Waals surface area contributed by atoms with Crippen molar-refractivity contribution in [2.45, 2.75) is 6.92 Å². The number of hydrogen-bond donors (Lipinski definition) is 1. The molecule has 94 valence electrons. The lowest BCUT2D eigenvalue weighted by molar-refractivity contribution is 0.447. The van der Waals surface area contributed by atoms with Crippen LogP contribution in [0.15, 0.2) is 16.6 Å². The van der Waals surface area contributed by atoms with E-state index in [0.29, 0.717) is 10.2 Å². The van der Waals surface area contributed by atoms with Crippen molar-refractivity contribution in [2.24, 2.45) is 0 Å². The highest BCUT2D eigenvalue weighted by molar-refractivity contribution is 9.10. The molecular weight excluding hydrogens is 311 g/mol. The van der Waals surface area contributed by atoms with Crippen LogP contribution in [-0.4, -0.2) is 9.97 Å². The lowest BCUT2D eigenvalue weighted by atomic mass is 10.2. The van der Waals surface area contributed by atoms with Crippen molar-refractivity contribution in [1.82, 2.24) is 9.97 Å². The van der Waals surface area contributed by atoms with Crippen LogP contribution in [0.1, 0.15) is 5.69 Å². The van der Waals surface area contributed by atoms with Gasteiger partial charge in [-0.25, -0.2) is 23.1 Å². The molecule has 2 aromatic rings. The van der Waals surface area contributed by atoms with Gasteiger partial charge in [0.2, 0.25) is 0 Å². The number of nitrogens with two attached hydrogens (primary N) is 1. The topological polar surface area (TPSA) is 51.8 Å². The number of aryl methyl sites for hydroxylation is 1. The molecule has 0 spiro atoms. The fourth-order valence-corrected chi connectivity index (χ4v) is 1.57. The molecule has 1 aromatic heterocycles. The lowest BCUT2D eigenvalue weighted by Gasteiger charge is -2.06. The quantitative estimate of drug-likeness (QED) is 0.822. The zero-order valence-electron chi connectivity index (χ0n) is 9.14. The Kier molecular flexibility index (Phi) is 3.25. The van der Waals surface area contributed by atoms with Gasteiger partial charge in [-0.1, -0.05) is 0 Å². The molecule has 3 nitrogen and oxygen atoms in total. The van der Waals surface area contributed by atoms with Crippen LogP contribution in [0, 0.1) is 24.4 Å². The predicted octanol–water partition coefficient (Wildman–Crippen LogP) is 3.21. The molecule has 0 bridgehead atoms. The Morgan fingerprint density at radius 3 is 2.17 bits per heavy atom. The summed E-state index contributed by atoms with van der Waals surface area (Å²) in [6.07, 6.45) is 0. The number of halogens is 4. The van der Waals surface area contributed by atoms with Gasteiger partial charge < -0.3 is 5.73 Å². The van der Waals surface area contributed by atoms with Gasteiger partial charge in [0.15, 0.2) is 23.3 Å². The van der Waals surface area contributed by atoms with Crippen LogP contribution in [-0.2, 0) is 0 Å². The second kappa shape index (κ2) is 4.56. The van der Waals surface area contributed by atoms with Crippen LogP contribution in [0.2, 0.25) is 0 Å². The summed E-state index contributed by atoms with van der Waals surface area (Å²) in [6.45, 7) is 1.65. The van der Waals surface area contributed by atoms with Gasteiger partial charge in [-0.3, -0.25) is 0 Å². The van der Waals surface area contributed by atoms with E-state index in [1.807, 2.05) is 0 Å². The van der Waals surface area contributed by atoms with E-state index >= 15 is 0 Å². The molecule has 0 radical (unpaired) electrons. The minimum Gasteiger partial charge on any atom is -0.383 e. The monoisotopic (exact) mass is 317 g/mol. The summed E-state index contributed by atoms with van der Waals surface area (Å²) in [5.41, 5.74) is 6.14. The van der Waals surface area contributed by atoms with Crippen LogP contribution in [0.25, 0.3) is 11.4 Å². The molecule has 0 atom stereocenters. The SMILES string of the molecule is Cc1nc(-c2cc(F)c(F)c(F)c2)nc(N)c1Br. The maximum atomic E-state index is 13.1. The van der Waals surface area contributed by atoms with E-state index in [-0.39, 0.29) is 17.2 Å². The van der Waals surface area contributed by atoms with E-state index < -0.39 is 17.5 Å². The third-order valence-electron chi connectivity index (χ3n) is 2.28. The van der Waals surface area contributed by atoms with E-state index in [1.165, 1.54) is 0 Å². The first kappa shape index (κ1) is 12.8. The molecule has 1 heterocycles. The molecule has 18 heavy (non-hydrogen) atoms. The van der Waals surface area contributed by atoms with Crippen molar-refractivity contribution < 1.29 is 13.2 Å². The van der Waals surface area contributed by atoms with Crippen LogP contribution < -0.4 is 5.73 Å². The molecule has 0 aliphatic rings. The minimum absolute atomic E-state index is 0.0219. The Hall–Kier alpha value is -1.63. The Balaban J connectivity index is 2.63. The fourth-order valence-electron chi connectivity index (χ4n) is 1.40. The Morgan fingerprint density at radius 2 is 1.67 bits per heavy atom. The second-order valence-electron chi connectivity index (χ2n) is 3.59. The molecule has 7 heteroatoms. The number of nitrogens with zero attached hydrogens (tertiary/aromatic N) is 2. The Bertz CT molecular complexity index is 529. The maximum Gasteiger partial charge on any atom is 0.194 e. The average molecular weight is 318 g/mol. The van der Waals surface area contributed by atoms with Crippen molar-refractivity contribution in [1.29, 1.82) is 0 Å². The molecule has 1 aromatic carbocycles. The number of aromatic nitrogens is 2. The first-order valence-electron chi connectivity index (χ1n) is 4.84. The largest absolute Gasteiger partial charge is 0.383 e. The van der Waals surface area contributed by atoms with Crippen LogP contribution in [0.3, 0.4) is 0 Å². The molecular formula is C11H7BrF3N3. The molecule has 0 saturated carbocycles. The van der Waals surface area contributed by atoms with Gasteiger partial charge in [-0.15, -0.1) is 0 Å². The number of anilines is 1. The molecule has 0 unspecified atom stereocenters. The third-order valence-corrected chi connectivity index (χ3v) is 3.26. The Labute approximate surface area is 109 Å². The Morgan fingerprint density at radius 1 is 1.11 bits per heavy atom. The summed E-state index contributed by atoms with van der Waals surface area (Å²) >= 11 is 3.17. The smallest absolute Gasteiger partial charge is 0.194 e. The lowest BCUT2D eigenvalue weighted by Crippen LogP contribution is -2.01. The molecule has 2 rings (SSSR count). The summed E-state index contributed by atoms with van der Waals surface area (Å²) < 4.78 is 39.5. The highest BCUT2D eigenvalue weighted by Crippen LogP contribution is 2.26. The summed E-state index contributed by atoms with van der Waals surface area (Å²) in [5, 5.41) is 0. The highest BCUT2D eigenvalue weighted by Gasteiger charge is 2.14. The summed E-state index contributed by atoms with van der Waals surface area (Å²) in [7, 11) is 0. The van der Waals surface area contributed by atoms with Gasteiger partial charge in [0, 0.05) is 5.56 Å². The number of rotatable bonds is 1. The van der Waals surface area contributed by atoms with Gasteiger partial charge in [-0.2, -0.15) is 0 Å². The molecule has 0 amide bonds. The van der Waals surface area contributed by atoms with E-state index in [4.69, 9.17) is 5.73 Å². The van der Waals surface area contributed by atoms with Gasteiger partial charge in [0.1, 0.15) is 5.82 Å². The molecule has 2 N–H and O–H groups in total. The van der Waals surface area contributed by atoms with Gasteiger partial charge in [0.05, 0.1) is 10.2 Å². The highest BCUT2D eigenvalue weighted by atomic mass is 79.9. The van der Waals surface area contributed by atoms with E-state index in [1.54, 1.807) is 6.92 Å². The van der Waals surface area contributed by atoms with Gasteiger partial charge in [0.25, 0.3) is 0 Å². The van der Waals surface area contributed by atoms with Gasteiger partial charge in [-0.05, 0) is 35.0 Å². The zero-order chi connectivity index (χ0) is 13.4. The standard InChI is InChI=1S/C11H7BrF3N3/c1-4-8(12)10(16)18-11(17-4)5-2-6(13)9(15)7(14)3-5/h2-3H,1H3,(H2,16,17,18). The maximum absolute atomic E-state index is 13.1. The van der Waals surface area contributed by atoms with Crippen molar-refractivity contribution in [3.05, 3.63) is 39.8 Å². The van der Waals surface area contributed by atoms with Crippen molar-refractivity contribution in [3.63, 3.8) is 0 Å². The van der Waals surface area contributed by atoms with Crippen molar-refractivity contribution in [3.8, 4) is 11.4 Å². The summed E-state index contributed by atoms with van der Waals surface area (Å²) in [6, 6.07) is 1.64. The molecule has 0 fully saturated rings. The predicted molar refractivity (Wildman–Crippen MR) is 64.2 cm³/mol. The fraction of sp³-hybridized carbons (Fsp3) is 0.0909. The molecule has 0 aliphatic heterocycles. The normalized spacial score (nSPS) is 10.7. The van der Waals surface area contributed by atoms with E-state index in [2.05, 4.69) is 25.9 Å². The average Bonchev–Trinajstić information content (AvgIpc) is 2.31. The third kappa shape index (κ3) is 2.17. The minimum atomic E-state index is -1.53. The molecule has 0 aliphatic carbocycles. The number of benzene rings is 1. The summed E-state index contributed by atoms with van der Waals surface area (Å²) in [5.74, 6) is -3.95. The van der Waals surface area contributed by atoms with Gasteiger partial charge >= 0.3 is 0 Å². The summed E-state index contributed by atoms with van der Waals surface area (Å²) in [4.78, 5) is 7.90. The van der Waals surface area contributed by atoms with Crippen LogP contribution in [0.5, 0.6) is 0 Å². The molecule has 0 saturated heterocycles. The number of nitrogen functional groups attached to an aromatic ring is 1. The van der Waals surface area contributed by atoms with Crippen LogP contribution >= 0.6 is 15.9 Å². The zero-order valence-corrected chi connectivity index (χ0v) is 10.7.